The minimum absolute atomic E-state index is 0.656. The lowest BCUT2D eigenvalue weighted by Gasteiger charge is -2.03. The summed E-state index contributed by atoms with van der Waals surface area (Å²) in [6.07, 6.45) is 0. The van der Waals surface area contributed by atoms with Gasteiger partial charge in [0, 0.05) is 22.6 Å². The van der Waals surface area contributed by atoms with Crippen LogP contribution in [0.5, 0.6) is 0 Å². The first-order valence-corrected chi connectivity index (χ1v) is 5.93. The number of aromatic nitrogens is 2. The molecule has 0 saturated heterocycles. The van der Waals surface area contributed by atoms with E-state index in [1.54, 1.807) is 4.68 Å². The number of nitrogens with zero attached hydrogens (tertiary/aromatic N) is 2. The molecule has 1 aromatic heterocycles. The maximum absolute atomic E-state index is 6.22. The van der Waals surface area contributed by atoms with Crippen molar-refractivity contribution in [3.63, 3.8) is 0 Å². The van der Waals surface area contributed by atoms with Gasteiger partial charge in [0.2, 0.25) is 0 Å². The number of rotatable bonds is 1. The van der Waals surface area contributed by atoms with Gasteiger partial charge >= 0.3 is 0 Å². The molecule has 0 radical (unpaired) electrons. The van der Waals surface area contributed by atoms with Gasteiger partial charge in [-0.1, -0.05) is 23.7 Å². The average Bonchev–Trinajstić information content (AvgIpc) is 2.50. The molecule has 84 valence electrons. The number of nitrogen functional groups attached to an aromatic ring is 1. The Balaban J connectivity index is 2.68. The van der Waals surface area contributed by atoms with Gasteiger partial charge in [-0.15, -0.1) is 0 Å². The SMILES string of the molecule is Cc1c(-c2cccc(Br)c2Cl)nn(C)c1N. The van der Waals surface area contributed by atoms with Crippen LogP contribution in [0, 0.1) is 6.92 Å². The summed E-state index contributed by atoms with van der Waals surface area (Å²) < 4.78 is 2.51. The average molecular weight is 301 g/mol. The molecule has 0 aliphatic heterocycles. The highest BCUT2D eigenvalue weighted by Gasteiger charge is 2.15. The van der Waals surface area contributed by atoms with Crippen molar-refractivity contribution in [2.24, 2.45) is 7.05 Å². The fourth-order valence-electron chi connectivity index (χ4n) is 1.59. The number of nitrogens with two attached hydrogens (primary N) is 1. The van der Waals surface area contributed by atoms with Gasteiger partial charge < -0.3 is 5.73 Å². The maximum Gasteiger partial charge on any atom is 0.124 e. The molecule has 5 heteroatoms. The van der Waals surface area contributed by atoms with Gasteiger partial charge in [0.05, 0.1) is 10.7 Å². The third-order valence-corrected chi connectivity index (χ3v) is 3.84. The summed E-state index contributed by atoms with van der Waals surface area (Å²) >= 11 is 9.62. The Morgan fingerprint density at radius 3 is 2.69 bits per heavy atom. The van der Waals surface area contributed by atoms with Gasteiger partial charge in [-0.2, -0.15) is 5.10 Å². The van der Waals surface area contributed by atoms with Gasteiger partial charge in [-0.05, 0) is 28.9 Å². The van der Waals surface area contributed by atoms with Crippen LogP contribution in [-0.2, 0) is 7.05 Å². The highest BCUT2D eigenvalue weighted by atomic mass is 79.9. The van der Waals surface area contributed by atoms with Crippen LogP contribution in [-0.4, -0.2) is 9.78 Å². The van der Waals surface area contributed by atoms with Crippen molar-refractivity contribution in [3.05, 3.63) is 33.3 Å². The van der Waals surface area contributed by atoms with E-state index in [2.05, 4.69) is 21.0 Å². The van der Waals surface area contributed by atoms with E-state index in [0.29, 0.717) is 10.8 Å². The summed E-state index contributed by atoms with van der Waals surface area (Å²) in [5, 5.41) is 5.02. The Morgan fingerprint density at radius 2 is 2.12 bits per heavy atom. The molecule has 0 amide bonds. The predicted octanol–water partition coefficient (Wildman–Crippen LogP) is 3.39. The van der Waals surface area contributed by atoms with E-state index in [1.165, 1.54) is 0 Å². The topological polar surface area (TPSA) is 43.8 Å². The molecule has 16 heavy (non-hydrogen) atoms. The van der Waals surface area contributed by atoms with Crippen molar-refractivity contribution in [2.45, 2.75) is 6.92 Å². The smallest absolute Gasteiger partial charge is 0.124 e. The highest BCUT2D eigenvalue weighted by Crippen LogP contribution is 2.35. The lowest BCUT2D eigenvalue weighted by molar-refractivity contribution is 0.782. The molecule has 1 aromatic carbocycles. The summed E-state index contributed by atoms with van der Waals surface area (Å²) in [5.41, 5.74) is 8.54. The minimum atomic E-state index is 0.656. The van der Waals surface area contributed by atoms with Gasteiger partial charge in [0.15, 0.2) is 0 Å². The summed E-state index contributed by atoms with van der Waals surface area (Å²) in [5.74, 6) is 0.658. The number of hydrogen-bond donors (Lipinski definition) is 1. The van der Waals surface area contributed by atoms with Crippen molar-refractivity contribution < 1.29 is 0 Å². The third kappa shape index (κ3) is 1.72. The first-order valence-electron chi connectivity index (χ1n) is 4.76. The summed E-state index contributed by atoms with van der Waals surface area (Å²) in [6, 6.07) is 5.75. The van der Waals surface area contributed by atoms with Crippen LogP contribution in [0.2, 0.25) is 5.02 Å². The van der Waals surface area contributed by atoms with Crippen LogP contribution in [0.4, 0.5) is 5.82 Å². The molecule has 2 N–H and O–H groups in total. The van der Waals surface area contributed by atoms with E-state index in [-0.39, 0.29) is 0 Å². The van der Waals surface area contributed by atoms with Crippen LogP contribution in [0.3, 0.4) is 0 Å². The predicted molar refractivity (Wildman–Crippen MR) is 70.5 cm³/mol. The van der Waals surface area contributed by atoms with Crippen molar-refractivity contribution in [2.75, 3.05) is 5.73 Å². The van der Waals surface area contributed by atoms with Crippen LogP contribution in [0.25, 0.3) is 11.3 Å². The van der Waals surface area contributed by atoms with Crippen LogP contribution in [0.15, 0.2) is 22.7 Å². The molecule has 0 aliphatic rings. The van der Waals surface area contributed by atoms with Crippen LogP contribution < -0.4 is 5.73 Å². The molecule has 0 fully saturated rings. The Kier molecular flexibility index (Phi) is 2.95. The Hall–Kier alpha value is -1.00. The second-order valence-electron chi connectivity index (χ2n) is 3.58. The largest absolute Gasteiger partial charge is 0.384 e. The molecule has 2 aromatic rings. The number of hydrogen-bond acceptors (Lipinski definition) is 2. The monoisotopic (exact) mass is 299 g/mol. The molecule has 0 bridgehead atoms. The van der Waals surface area contributed by atoms with Gasteiger partial charge in [0.25, 0.3) is 0 Å². The molecular formula is C11H11BrClN3. The lowest BCUT2D eigenvalue weighted by atomic mass is 10.1. The standard InChI is InChI=1S/C11H11BrClN3/c1-6-10(15-16(2)11(6)14)7-4-3-5-8(12)9(7)13/h3-5H,14H2,1-2H3. The van der Waals surface area contributed by atoms with E-state index in [1.807, 2.05) is 32.2 Å². The highest BCUT2D eigenvalue weighted by molar-refractivity contribution is 9.10. The van der Waals surface area contributed by atoms with Crippen molar-refractivity contribution >= 4 is 33.3 Å². The summed E-state index contributed by atoms with van der Waals surface area (Å²) in [4.78, 5) is 0. The molecule has 2 rings (SSSR count). The second kappa shape index (κ2) is 4.11. The number of anilines is 1. The van der Waals surface area contributed by atoms with Gasteiger partial charge in [-0.25, -0.2) is 0 Å². The zero-order valence-electron chi connectivity index (χ0n) is 8.96. The van der Waals surface area contributed by atoms with Crippen molar-refractivity contribution in [3.8, 4) is 11.3 Å². The Labute approximate surface area is 107 Å². The molecular weight excluding hydrogens is 289 g/mol. The Morgan fingerprint density at radius 1 is 1.44 bits per heavy atom. The van der Waals surface area contributed by atoms with E-state index in [0.717, 1.165) is 21.3 Å². The summed E-state index contributed by atoms with van der Waals surface area (Å²) in [6.45, 7) is 1.94. The molecule has 0 spiro atoms. The van der Waals surface area contributed by atoms with E-state index in [4.69, 9.17) is 17.3 Å². The van der Waals surface area contributed by atoms with Gasteiger partial charge in [-0.3, -0.25) is 4.68 Å². The van der Waals surface area contributed by atoms with E-state index >= 15 is 0 Å². The third-order valence-electron chi connectivity index (χ3n) is 2.54. The van der Waals surface area contributed by atoms with Gasteiger partial charge in [0.1, 0.15) is 5.82 Å². The molecule has 0 atom stereocenters. The van der Waals surface area contributed by atoms with Crippen molar-refractivity contribution in [1.29, 1.82) is 0 Å². The fraction of sp³-hybridized carbons (Fsp3) is 0.182. The Bertz CT molecular complexity index is 548. The molecule has 3 nitrogen and oxygen atoms in total. The maximum atomic E-state index is 6.22. The minimum Gasteiger partial charge on any atom is -0.384 e. The molecule has 0 saturated carbocycles. The van der Waals surface area contributed by atoms with E-state index < -0.39 is 0 Å². The zero-order valence-corrected chi connectivity index (χ0v) is 11.3. The first kappa shape index (κ1) is 11.5. The molecule has 0 unspecified atom stereocenters. The zero-order chi connectivity index (χ0) is 11.9. The number of halogens is 2. The van der Waals surface area contributed by atoms with Crippen molar-refractivity contribution in [1.82, 2.24) is 9.78 Å². The van der Waals surface area contributed by atoms with E-state index in [9.17, 15) is 0 Å². The molecule has 0 aliphatic carbocycles. The summed E-state index contributed by atoms with van der Waals surface area (Å²) in [7, 11) is 1.82. The first-order chi connectivity index (χ1) is 7.52. The lowest BCUT2D eigenvalue weighted by Crippen LogP contribution is -1.97. The fourth-order valence-corrected chi connectivity index (χ4v) is 2.17. The quantitative estimate of drug-likeness (QED) is 0.877. The number of benzene rings is 1. The van der Waals surface area contributed by atoms with Crippen LogP contribution in [0.1, 0.15) is 5.56 Å². The second-order valence-corrected chi connectivity index (χ2v) is 4.82. The normalized spacial score (nSPS) is 10.8. The number of aryl methyl sites for hydroxylation is 1. The van der Waals surface area contributed by atoms with Crippen LogP contribution >= 0.6 is 27.5 Å². The molecule has 1 heterocycles.